The van der Waals surface area contributed by atoms with Crippen molar-refractivity contribution >= 4 is 28.4 Å². The zero-order valence-electron chi connectivity index (χ0n) is 6.11. The molecule has 0 atom stereocenters. The number of Topliss-reactive ketones (excluding diaryl/α,β-unsaturated/α-hetero) is 1. The van der Waals surface area contributed by atoms with E-state index >= 15 is 0 Å². The van der Waals surface area contributed by atoms with Crippen LogP contribution in [0, 0.1) is 0 Å². The quantitative estimate of drug-likeness (QED) is 0.454. The fourth-order valence-electron chi connectivity index (χ4n) is 0.345. The van der Waals surface area contributed by atoms with E-state index in [4.69, 9.17) is 0 Å². The minimum absolute atomic E-state index is 0.234. The molecule has 0 aromatic heterocycles. The van der Waals surface area contributed by atoms with E-state index in [1.165, 1.54) is 22.6 Å². The van der Waals surface area contributed by atoms with Crippen LogP contribution in [0.1, 0.15) is 6.92 Å². The van der Waals surface area contributed by atoms with Crippen LogP contribution in [0.25, 0.3) is 0 Å². The molecule has 0 radical (unpaired) electrons. The summed E-state index contributed by atoms with van der Waals surface area (Å²) >= 11 is 1.28. The molecule has 0 spiro atoms. The lowest BCUT2D eigenvalue weighted by Crippen LogP contribution is -2.22. The topological polar surface area (TPSA) is 26.3 Å². The molecular formula is C6H6F3IO2. The minimum Gasteiger partial charge on any atom is -0.500 e. The Hall–Kier alpha value is -0.270. The van der Waals surface area contributed by atoms with Crippen molar-refractivity contribution in [3.05, 3.63) is 9.84 Å². The van der Waals surface area contributed by atoms with Crippen LogP contribution in [0.5, 0.6) is 0 Å². The second-order valence-corrected chi connectivity index (χ2v) is 2.91. The van der Waals surface area contributed by atoms with Crippen molar-refractivity contribution in [2.24, 2.45) is 0 Å². The average Bonchev–Trinajstić information content (AvgIpc) is 1.97. The van der Waals surface area contributed by atoms with Gasteiger partial charge in [-0.1, -0.05) is 0 Å². The number of rotatable bonds is 3. The number of carbonyl (C=O) groups excluding carboxylic acids is 1. The highest BCUT2D eigenvalue weighted by Crippen LogP contribution is 2.23. The molecule has 70 valence electrons. The van der Waals surface area contributed by atoms with Crippen LogP contribution in [0.3, 0.4) is 0 Å². The van der Waals surface area contributed by atoms with Gasteiger partial charge in [-0.05, 0) is 29.5 Å². The van der Waals surface area contributed by atoms with E-state index in [-0.39, 0.29) is 6.61 Å². The molecule has 0 saturated carbocycles. The van der Waals surface area contributed by atoms with Crippen molar-refractivity contribution in [1.82, 2.24) is 0 Å². The van der Waals surface area contributed by atoms with Gasteiger partial charge in [0.2, 0.25) is 0 Å². The third-order valence-corrected chi connectivity index (χ3v) is 1.57. The van der Waals surface area contributed by atoms with Gasteiger partial charge in [0, 0.05) is 0 Å². The lowest BCUT2D eigenvalue weighted by atomic mass is 10.4. The van der Waals surface area contributed by atoms with Crippen LogP contribution >= 0.6 is 22.6 Å². The third-order valence-electron chi connectivity index (χ3n) is 0.828. The van der Waals surface area contributed by atoms with Gasteiger partial charge in [-0.3, -0.25) is 4.79 Å². The number of alkyl halides is 3. The molecule has 0 N–H and O–H groups in total. The molecule has 0 fully saturated rings. The summed E-state index contributed by atoms with van der Waals surface area (Å²) in [6.07, 6.45) is -4.01. The first-order valence-corrected chi connectivity index (χ1v) is 4.06. The van der Waals surface area contributed by atoms with Gasteiger partial charge in [0.15, 0.2) is 0 Å². The Morgan fingerprint density at radius 2 is 2.08 bits per heavy atom. The van der Waals surface area contributed by atoms with E-state index in [2.05, 4.69) is 4.74 Å². The molecule has 0 aliphatic carbocycles. The van der Waals surface area contributed by atoms with Gasteiger partial charge in [-0.2, -0.15) is 13.2 Å². The van der Waals surface area contributed by atoms with Crippen LogP contribution in [-0.2, 0) is 9.53 Å². The molecule has 12 heavy (non-hydrogen) atoms. The molecule has 0 aromatic rings. The smallest absolute Gasteiger partial charge is 0.455 e. The number of hydrogen-bond donors (Lipinski definition) is 0. The van der Waals surface area contributed by atoms with E-state index in [1.807, 2.05) is 0 Å². The summed E-state index contributed by atoms with van der Waals surface area (Å²) in [5.41, 5.74) is 0. The second-order valence-electron chi connectivity index (χ2n) is 1.75. The lowest BCUT2D eigenvalue weighted by Gasteiger charge is -2.03. The van der Waals surface area contributed by atoms with Crippen LogP contribution in [-0.4, -0.2) is 18.6 Å². The molecule has 0 aromatic carbocycles. The Labute approximate surface area is 80.9 Å². The predicted molar refractivity (Wildman–Crippen MR) is 44.8 cm³/mol. The van der Waals surface area contributed by atoms with Gasteiger partial charge >= 0.3 is 6.18 Å². The molecule has 0 saturated heterocycles. The number of carbonyl (C=O) groups is 1. The van der Waals surface area contributed by atoms with Crippen LogP contribution in [0.4, 0.5) is 13.2 Å². The van der Waals surface area contributed by atoms with Crippen molar-refractivity contribution in [3.8, 4) is 0 Å². The Kier molecular flexibility index (Phi) is 4.58. The Balaban J connectivity index is 4.30. The number of halogens is 4. The first-order chi connectivity index (χ1) is 5.39. The average molecular weight is 294 g/mol. The highest BCUT2D eigenvalue weighted by Gasteiger charge is 2.40. The van der Waals surface area contributed by atoms with Crippen LogP contribution in [0.2, 0.25) is 0 Å². The lowest BCUT2D eigenvalue weighted by molar-refractivity contribution is -0.165. The molecule has 0 aliphatic rings. The van der Waals surface area contributed by atoms with E-state index in [0.29, 0.717) is 0 Å². The van der Waals surface area contributed by atoms with Crippen molar-refractivity contribution in [2.75, 3.05) is 6.61 Å². The van der Waals surface area contributed by atoms with E-state index in [9.17, 15) is 18.0 Å². The Morgan fingerprint density at radius 3 is 2.42 bits per heavy atom. The molecule has 6 heteroatoms. The molecular weight excluding hydrogens is 288 g/mol. The molecule has 0 aliphatic heterocycles. The van der Waals surface area contributed by atoms with Crippen LogP contribution in [0.15, 0.2) is 9.84 Å². The zero-order chi connectivity index (χ0) is 9.78. The number of ketones is 1. The molecule has 2 nitrogen and oxygen atoms in total. The summed E-state index contributed by atoms with van der Waals surface area (Å²) < 4.78 is 39.1. The third kappa shape index (κ3) is 3.93. The SMILES string of the molecule is CCO/C=C(\I)C(=O)C(F)(F)F. The van der Waals surface area contributed by atoms with Crippen molar-refractivity contribution in [1.29, 1.82) is 0 Å². The van der Waals surface area contributed by atoms with Crippen molar-refractivity contribution < 1.29 is 22.7 Å². The predicted octanol–water partition coefficient (Wildman–Crippen LogP) is 2.43. The monoisotopic (exact) mass is 294 g/mol. The van der Waals surface area contributed by atoms with Gasteiger partial charge in [-0.25, -0.2) is 0 Å². The fraction of sp³-hybridized carbons (Fsp3) is 0.500. The maximum absolute atomic E-state index is 11.7. The molecule has 0 amide bonds. The normalized spacial score (nSPS) is 12.9. The van der Waals surface area contributed by atoms with E-state index < -0.39 is 15.5 Å². The zero-order valence-corrected chi connectivity index (χ0v) is 8.27. The maximum atomic E-state index is 11.7. The highest BCUT2D eigenvalue weighted by molar-refractivity contribution is 14.1. The molecule has 0 rings (SSSR count). The molecule has 0 unspecified atom stereocenters. The first kappa shape index (κ1) is 11.7. The van der Waals surface area contributed by atoms with E-state index in [0.717, 1.165) is 6.26 Å². The Bertz CT molecular complexity index is 197. The number of allylic oxidation sites excluding steroid dienone is 1. The summed E-state index contributed by atoms with van der Waals surface area (Å²) in [5.74, 6) is -1.88. The molecule has 0 heterocycles. The highest BCUT2D eigenvalue weighted by atomic mass is 127. The standard InChI is InChI=1S/C6H6F3IO2/c1-2-12-3-4(10)5(11)6(7,8)9/h3H,2H2,1H3/b4-3-. The van der Waals surface area contributed by atoms with Crippen LogP contribution < -0.4 is 0 Å². The first-order valence-electron chi connectivity index (χ1n) is 2.98. The minimum atomic E-state index is -4.82. The summed E-state index contributed by atoms with van der Waals surface area (Å²) in [4.78, 5) is 10.4. The van der Waals surface area contributed by atoms with Gasteiger partial charge in [0.05, 0.1) is 6.61 Å². The second kappa shape index (κ2) is 4.68. The Morgan fingerprint density at radius 1 is 1.58 bits per heavy atom. The van der Waals surface area contributed by atoms with Gasteiger partial charge in [0.25, 0.3) is 5.78 Å². The summed E-state index contributed by atoms with van der Waals surface area (Å²) in [6.45, 7) is 1.84. The number of ether oxygens (including phenoxy) is 1. The van der Waals surface area contributed by atoms with E-state index in [1.54, 1.807) is 6.92 Å². The van der Waals surface area contributed by atoms with Gasteiger partial charge < -0.3 is 4.74 Å². The number of hydrogen-bond acceptors (Lipinski definition) is 2. The largest absolute Gasteiger partial charge is 0.500 e. The van der Waals surface area contributed by atoms with Gasteiger partial charge in [-0.15, -0.1) is 0 Å². The fourth-order valence-corrected chi connectivity index (χ4v) is 0.831. The van der Waals surface area contributed by atoms with Crippen molar-refractivity contribution in [2.45, 2.75) is 13.1 Å². The van der Waals surface area contributed by atoms with Gasteiger partial charge in [0.1, 0.15) is 9.84 Å². The van der Waals surface area contributed by atoms with Crippen molar-refractivity contribution in [3.63, 3.8) is 0 Å². The molecule has 0 bridgehead atoms. The summed E-state index contributed by atoms with van der Waals surface area (Å²) in [7, 11) is 0. The summed E-state index contributed by atoms with van der Waals surface area (Å²) in [5, 5.41) is 0. The maximum Gasteiger partial charge on any atom is 0.455 e. The summed E-state index contributed by atoms with van der Waals surface area (Å²) in [6, 6.07) is 0.